The highest BCUT2D eigenvalue weighted by Crippen LogP contribution is 2.27. The number of benzene rings is 2. The van der Waals surface area contributed by atoms with Crippen molar-refractivity contribution in [3.05, 3.63) is 76.6 Å². The molecule has 0 aliphatic heterocycles. The number of rotatable bonds is 6. The summed E-state index contributed by atoms with van der Waals surface area (Å²) in [6.07, 6.45) is 0.862. The Labute approximate surface area is 141 Å². The van der Waals surface area contributed by atoms with E-state index in [0.717, 1.165) is 29.7 Å². The van der Waals surface area contributed by atoms with Crippen LogP contribution in [0.15, 0.2) is 69.9 Å². The van der Waals surface area contributed by atoms with Gasteiger partial charge in [-0.3, -0.25) is 0 Å². The van der Waals surface area contributed by atoms with Crippen LogP contribution < -0.4 is 10.4 Å². The maximum Gasteiger partial charge on any atom is 0.336 e. The summed E-state index contributed by atoms with van der Waals surface area (Å²) in [6, 6.07) is 18.9. The quantitative estimate of drug-likeness (QED) is 0.646. The Kier molecular flexibility index (Phi) is 4.96. The normalized spacial score (nSPS) is 12.5. The van der Waals surface area contributed by atoms with Crippen LogP contribution in [-0.4, -0.2) is 25.5 Å². The average Bonchev–Trinajstić information content (AvgIpc) is 2.59. The zero-order chi connectivity index (χ0) is 16.9. The van der Waals surface area contributed by atoms with Gasteiger partial charge in [0, 0.05) is 24.4 Å². The van der Waals surface area contributed by atoms with E-state index in [9.17, 15) is 4.79 Å². The highest BCUT2D eigenvalue weighted by atomic mass is 16.5. The largest absolute Gasteiger partial charge is 0.486 e. The van der Waals surface area contributed by atoms with Gasteiger partial charge in [0.2, 0.25) is 0 Å². The molecule has 0 saturated heterocycles. The summed E-state index contributed by atoms with van der Waals surface area (Å²) in [7, 11) is 4.11. The lowest BCUT2D eigenvalue weighted by molar-refractivity contribution is 0.179. The first-order valence-electron chi connectivity index (χ1n) is 8.02. The van der Waals surface area contributed by atoms with Gasteiger partial charge in [0.25, 0.3) is 0 Å². The van der Waals surface area contributed by atoms with Crippen LogP contribution in [0.3, 0.4) is 0 Å². The van der Waals surface area contributed by atoms with Gasteiger partial charge in [0.1, 0.15) is 17.4 Å². The lowest BCUT2D eigenvalue weighted by Crippen LogP contribution is -2.18. The van der Waals surface area contributed by atoms with Crippen molar-refractivity contribution in [3.8, 4) is 5.75 Å². The first-order chi connectivity index (χ1) is 11.6. The van der Waals surface area contributed by atoms with E-state index in [-0.39, 0.29) is 11.7 Å². The Hall–Kier alpha value is -2.59. The molecule has 124 valence electrons. The van der Waals surface area contributed by atoms with E-state index in [4.69, 9.17) is 9.15 Å². The highest BCUT2D eigenvalue weighted by Gasteiger charge is 2.14. The molecule has 1 aromatic heterocycles. The molecule has 0 aliphatic rings. The fourth-order valence-corrected chi connectivity index (χ4v) is 2.62. The molecule has 3 aromatic rings. The summed E-state index contributed by atoms with van der Waals surface area (Å²) in [5, 5.41) is 0.853. The minimum Gasteiger partial charge on any atom is -0.486 e. The number of ether oxygens (including phenoxy) is 1. The van der Waals surface area contributed by atoms with Gasteiger partial charge < -0.3 is 14.1 Å². The molecule has 0 aliphatic carbocycles. The molecular weight excluding hydrogens is 302 g/mol. The second kappa shape index (κ2) is 7.32. The van der Waals surface area contributed by atoms with E-state index in [1.807, 2.05) is 30.3 Å². The van der Waals surface area contributed by atoms with Crippen LogP contribution in [0.1, 0.15) is 18.1 Å². The third-order valence-corrected chi connectivity index (χ3v) is 3.88. The molecule has 3 rings (SSSR count). The molecule has 1 atom stereocenters. The molecule has 2 aromatic carbocycles. The average molecular weight is 323 g/mol. The van der Waals surface area contributed by atoms with Crippen molar-refractivity contribution < 1.29 is 9.15 Å². The lowest BCUT2D eigenvalue weighted by atomic mass is 10.1. The van der Waals surface area contributed by atoms with Gasteiger partial charge in [-0.1, -0.05) is 30.3 Å². The maximum absolute atomic E-state index is 11.3. The number of fused-ring (bicyclic) bond motifs is 1. The monoisotopic (exact) mass is 323 g/mol. The third-order valence-electron chi connectivity index (χ3n) is 3.88. The van der Waals surface area contributed by atoms with Crippen LogP contribution in [0.5, 0.6) is 5.75 Å². The van der Waals surface area contributed by atoms with Crippen LogP contribution >= 0.6 is 0 Å². The summed E-state index contributed by atoms with van der Waals surface area (Å²) in [6.45, 7) is 0.933. The summed E-state index contributed by atoms with van der Waals surface area (Å²) in [5.41, 5.74) is 1.38. The topological polar surface area (TPSA) is 42.7 Å². The summed E-state index contributed by atoms with van der Waals surface area (Å²) in [5.74, 6) is 0.768. The molecule has 1 heterocycles. The van der Waals surface area contributed by atoms with Crippen molar-refractivity contribution in [1.29, 1.82) is 0 Å². The molecule has 0 bridgehead atoms. The predicted octanol–water partition coefficient (Wildman–Crippen LogP) is 3.86. The Bertz CT molecular complexity index is 855. The second-order valence-electron chi connectivity index (χ2n) is 6.06. The fraction of sp³-hybridized carbons (Fsp3) is 0.250. The van der Waals surface area contributed by atoms with E-state index in [1.54, 1.807) is 12.1 Å². The number of hydrogen-bond acceptors (Lipinski definition) is 4. The molecule has 0 amide bonds. The summed E-state index contributed by atoms with van der Waals surface area (Å²) < 4.78 is 11.4. The minimum atomic E-state index is -0.343. The molecule has 0 N–H and O–H groups in total. The predicted molar refractivity (Wildman–Crippen MR) is 95.5 cm³/mol. The summed E-state index contributed by atoms with van der Waals surface area (Å²) in [4.78, 5) is 13.4. The minimum absolute atomic E-state index is 0.0261. The van der Waals surface area contributed by atoms with Crippen LogP contribution in [0.4, 0.5) is 0 Å². The van der Waals surface area contributed by atoms with Gasteiger partial charge >= 0.3 is 5.63 Å². The van der Waals surface area contributed by atoms with Crippen LogP contribution in [0, 0.1) is 0 Å². The van der Waals surface area contributed by atoms with Crippen molar-refractivity contribution in [1.82, 2.24) is 4.90 Å². The second-order valence-corrected chi connectivity index (χ2v) is 6.06. The summed E-state index contributed by atoms with van der Waals surface area (Å²) >= 11 is 0. The van der Waals surface area contributed by atoms with E-state index < -0.39 is 0 Å². The molecule has 4 heteroatoms. The third kappa shape index (κ3) is 4.03. The van der Waals surface area contributed by atoms with Crippen molar-refractivity contribution >= 4 is 11.0 Å². The van der Waals surface area contributed by atoms with Gasteiger partial charge in [0.05, 0.1) is 0 Å². The molecule has 0 fully saturated rings. The Morgan fingerprint density at radius 3 is 2.58 bits per heavy atom. The standard InChI is InChI=1S/C20H21NO3/c1-21(2)13-12-19(15-6-4-3-5-7-15)23-17-9-10-18-16(14-17)8-11-20(22)24-18/h3-11,14,19H,12-13H2,1-2H3. The molecule has 4 nitrogen and oxygen atoms in total. The van der Waals surface area contributed by atoms with Gasteiger partial charge in [0.15, 0.2) is 0 Å². The zero-order valence-corrected chi connectivity index (χ0v) is 13.9. The fourth-order valence-electron chi connectivity index (χ4n) is 2.62. The Morgan fingerprint density at radius 1 is 1.04 bits per heavy atom. The van der Waals surface area contributed by atoms with Crippen LogP contribution in [0.2, 0.25) is 0 Å². The van der Waals surface area contributed by atoms with Crippen molar-refractivity contribution in [2.24, 2.45) is 0 Å². The molecule has 0 radical (unpaired) electrons. The van der Waals surface area contributed by atoms with Gasteiger partial charge in [-0.15, -0.1) is 0 Å². The lowest BCUT2D eigenvalue weighted by Gasteiger charge is -2.21. The zero-order valence-electron chi connectivity index (χ0n) is 13.9. The Morgan fingerprint density at radius 2 is 1.83 bits per heavy atom. The molecule has 0 spiro atoms. The SMILES string of the molecule is CN(C)CCC(Oc1ccc2oc(=O)ccc2c1)c1ccccc1. The van der Waals surface area contributed by atoms with Crippen molar-refractivity contribution in [2.45, 2.75) is 12.5 Å². The molecule has 0 saturated carbocycles. The van der Waals surface area contributed by atoms with Crippen molar-refractivity contribution in [2.75, 3.05) is 20.6 Å². The molecular formula is C20H21NO3. The van der Waals surface area contributed by atoms with E-state index in [2.05, 4.69) is 31.1 Å². The van der Waals surface area contributed by atoms with Gasteiger partial charge in [-0.2, -0.15) is 0 Å². The van der Waals surface area contributed by atoms with Crippen LogP contribution in [0.25, 0.3) is 11.0 Å². The van der Waals surface area contributed by atoms with Crippen LogP contribution in [-0.2, 0) is 0 Å². The van der Waals surface area contributed by atoms with Gasteiger partial charge in [-0.25, -0.2) is 4.79 Å². The van der Waals surface area contributed by atoms with Crippen molar-refractivity contribution in [3.63, 3.8) is 0 Å². The molecule has 1 unspecified atom stereocenters. The first-order valence-corrected chi connectivity index (χ1v) is 8.02. The Balaban J connectivity index is 1.86. The van der Waals surface area contributed by atoms with E-state index in [0.29, 0.717) is 5.58 Å². The maximum atomic E-state index is 11.3. The van der Waals surface area contributed by atoms with E-state index >= 15 is 0 Å². The smallest absolute Gasteiger partial charge is 0.336 e. The van der Waals surface area contributed by atoms with E-state index in [1.165, 1.54) is 6.07 Å². The first kappa shape index (κ1) is 16.3. The highest BCUT2D eigenvalue weighted by molar-refractivity contribution is 5.77. The van der Waals surface area contributed by atoms with Gasteiger partial charge in [-0.05, 0) is 43.9 Å². The number of hydrogen-bond donors (Lipinski definition) is 0. The molecule has 24 heavy (non-hydrogen) atoms. The number of nitrogens with zero attached hydrogens (tertiary/aromatic N) is 1.